The van der Waals surface area contributed by atoms with Crippen molar-refractivity contribution in [3.05, 3.63) is 53.3 Å². The Kier molecular flexibility index (Phi) is 5.25. The molecular formula is C15H15ClFNO3. The van der Waals surface area contributed by atoms with Gasteiger partial charge in [0.15, 0.2) is 0 Å². The first-order valence-corrected chi connectivity index (χ1v) is 6.67. The lowest BCUT2D eigenvalue weighted by Crippen LogP contribution is -2.25. The van der Waals surface area contributed by atoms with Crippen LogP contribution in [0.25, 0.3) is 0 Å². The lowest BCUT2D eigenvalue weighted by atomic mass is 10.3. The summed E-state index contributed by atoms with van der Waals surface area (Å²) in [6.45, 7) is -0.00881. The second-order valence-corrected chi connectivity index (χ2v) is 4.80. The molecule has 0 aliphatic heterocycles. The average molecular weight is 312 g/mol. The number of halogens is 2. The molecule has 0 saturated heterocycles. The predicted octanol–water partition coefficient (Wildman–Crippen LogP) is 2.88. The zero-order valence-electron chi connectivity index (χ0n) is 11.1. The molecule has 1 atom stereocenters. The van der Waals surface area contributed by atoms with E-state index < -0.39 is 11.9 Å². The number of aliphatic hydroxyl groups excluding tert-OH is 1. The maximum atomic E-state index is 12.9. The van der Waals surface area contributed by atoms with Crippen LogP contribution in [0.1, 0.15) is 0 Å². The Morgan fingerprint density at radius 1 is 1.10 bits per heavy atom. The molecular weight excluding hydrogens is 297 g/mol. The van der Waals surface area contributed by atoms with E-state index >= 15 is 0 Å². The SMILES string of the molecule is Nc1ccccc1OCC(O)COc1ccc(F)cc1Cl. The van der Waals surface area contributed by atoms with E-state index in [0.717, 1.165) is 6.07 Å². The molecule has 1 unspecified atom stereocenters. The lowest BCUT2D eigenvalue weighted by molar-refractivity contribution is 0.0629. The van der Waals surface area contributed by atoms with Gasteiger partial charge in [0.1, 0.15) is 36.6 Å². The zero-order valence-corrected chi connectivity index (χ0v) is 11.9. The standard InChI is InChI=1S/C15H15ClFNO3/c16-12-7-10(17)5-6-14(12)20-8-11(19)9-21-15-4-2-1-3-13(15)18/h1-7,11,19H,8-9,18H2. The van der Waals surface area contributed by atoms with Crippen molar-refractivity contribution < 1.29 is 19.0 Å². The van der Waals surface area contributed by atoms with Crippen LogP contribution in [0.4, 0.5) is 10.1 Å². The third kappa shape index (κ3) is 4.51. The van der Waals surface area contributed by atoms with Crippen molar-refractivity contribution in [2.75, 3.05) is 18.9 Å². The fourth-order valence-electron chi connectivity index (χ4n) is 1.62. The van der Waals surface area contributed by atoms with E-state index in [1.165, 1.54) is 12.1 Å². The highest BCUT2D eigenvalue weighted by Crippen LogP contribution is 2.25. The molecule has 0 aliphatic rings. The molecule has 0 aliphatic carbocycles. The van der Waals surface area contributed by atoms with Gasteiger partial charge < -0.3 is 20.3 Å². The fourth-order valence-corrected chi connectivity index (χ4v) is 1.85. The summed E-state index contributed by atoms with van der Waals surface area (Å²) in [4.78, 5) is 0. The number of hydrogen-bond acceptors (Lipinski definition) is 4. The Labute approximate surface area is 126 Å². The Balaban J connectivity index is 1.82. The molecule has 0 saturated carbocycles. The summed E-state index contributed by atoms with van der Waals surface area (Å²) >= 11 is 5.81. The topological polar surface area (TPSA) is 64.7 Å². The quantitative estimate of drug-likeness (QED) is 0.805. The highest BCUT2D eigenvalue weighted by Gasteiger charge is 2.10. The van der Waals surface area contributed by atoms with Crippen molar-refractivity contribution in [2.24, 2.45) is 0 Å². The van der Waals surface area contributed by atoms with Crippen LogP contribution in [0.2, 0.25) is 5.02 Å². The summed E-state index contributed by atoms with van der Waals surface area (Å²) in [7, 11) is 0. The number of nitrogen functional groups attached to an aromatic ring is 1. The molecule has 21 heavy (non-hydrogen) atoms. The minimum Gasteiger partial charge on any atom is -0.489 e. The maximum Gasteiger partial charge on any atom is 0.142 e. The number of ether oxygens (including phenoxy) is 2. The first kappa shape index (κ1) is 15.4. The molecule has 2 rings (SSSR count). The van der Waals surface area contributed by atoms with Gasteiger partial charge in [0.2, 0.25) is 0 Å². The van der Waals surface area contributed by atoms with Crippen molar-refractivity contribution >= 4 is 17.3 Å². The number of aliphatic hydroxyl groups is 1. The van der Waals surface area contributed by atoms with Crippen molar-refractivity contribution in [1.82, 2.24) is 0 Å². The summed E-state index contributed by atoms with van der Waals surface area (Å²) in [5.41, 5.74) is 6.21. The third-order valence-electron chi connectivity index (χ3n) is 2.68. The Bertz CT molecular complexity index is 609. The summed E-state index contributed by atoms with van der Waals surface area (Å²) in [6.07, 6.45) is -0.870. The molecule has 0 fully saturated rings. The Morgan fingerprint density at radius 3 is 2.43 bits per heavy atom. The van der Waals surface area contributed by atoms with Gasteiger partial charge in [0, 0.05) is 0 Å². The van der Waals surface area contributed by atoms with Crippen LogP contribution in [0.5, 0.6) is 11.5 Å². The molecule has 4 nitrogen and oxygen atoms in total. The van der Waals surface area contributed by atoms with E-state index in [9.17, 15) is 9.50 Å². The van der Waals surface area contributed by atoms with Gasteiger partial charge in [-0.2, -0.15) is 0 Å². The van der Waals surface area contributed by atoms with E-state index in [4.69, 9.17) is 26.8 Å². The van der Waals surface area contributed by atoms with Gasteiger partial charge >= 0.3 is 0 Å². The zero-order chi connectivity index (χ0) is 15.2. The lowest BCUT2D eigenvalue weighted by Gasteiger charge is -2.15. The molecule has 2 aromatic carbocycles. The minimum atomic E-state index is -0.870. The van der Waals surface area contributed by atoms with Gasteiger partial charge in [0.25, 0.3) is 0 Å². The van der Waals surface area contributed by atoms with Crippen LogP contribution in [0.15, 0.2) is 42.5 Å². The van der Waals surface area contributed by atoms with E-state index in [1.54, 1.807) is 24.3 Å². The molecule has 0 heterocycles. The molecule has 0 amide bonds. The normalized spacial score (nSPS) is 12.0. The van der Waals surface area contributed by atoms with Gasteiger partial charge in [-0.1, -0.05) is 23.7 Å². The van der Waals surface area contributed by atoms with E-state index in [-0.39, 0.29) is 18.2 Å². The molecule has 6 heteroatoms. The van der Waals surface area contributed by atoms with Crippen LogP contribution >= 0.6 is 11.6 Å². The summed E-state index contributed by atoms with van der Waals surface area (Å²) in [5, 5.41) is 9.95. The number of para-hydroxylation sites is 2. The number of benzene rings is 2. The number of nitrogens with two attached hydrogens (primary N) is 1. The minimum absolute atomic E-state index is 0.0209. The molecule has 112 valence electrons. The molecule has 3 N–H and O–H groups in total. The number of rotatable bonds is 6. The smallest absolute Gasteiger partial charge is 0.142 e. The number of hydrogen-bond donors (Lipinski definition) is 2. The highest BCUT2D eigenvalue weighted by molar-refractivity contribution is 6.32. The second kappa shape index (κ2) is 7.15. The highest BCUT2D eigenvalue weighted by atomic mass is 35.5. The first-order valence-electron chi connectivity index (χ1n) is 6.29. The van der Waals surface area contributed by atoms with Gasteiger partial charge in [-0.25, -0.2) is 4.39 Å². The van der Waals surface area contributed by atoms with Crippen molar-refractivity contribution in [3.8, 4) is 11.5 Å². The molecule has 0 bridgehead atoms. The first-order chi connectivity index (χ1) is 10.1. The van der Waals surface area contributed by atoms with Crippen LogP contribution in [0.3, 0.4) is 0 Å². The van der Waals surface area contributed by atoms with Crippen LogP contribution < -0.4 is 15.2 Å². The average Bonchev–Trinajstić information content (AvgIpc) is 2.45. The third-order valence-corrected chi connectivity index (χ3v) is 2.97. The molecule has 0 spiro atoms. The van der Waals surface area contributed by atoms with E-state index in [2.05, 4.69) is 0 Å². The van der Waals surface area contributed by atoms with Crippen molar-refractivity contribution in [1.29, 1.82) is 0 Å². The monoisotopic (exact) mass is 311 g/mol. The summed E-state index contributed by atoms with van der Waals surface area (Å²) in [6, 6.07) is 10.8. The molecule has 0 radical (unpaired) electrons. The van der Waals surface area contributed by atoms with Crippen LogP contribution in [0, 0.1) is 5.82 Å². The summed E-state index contributed by atoms with van der Waals surface area (Å²) in [5.74, 6) is 0.350. The van der Waals surface area contributed by atoms with Gasteiger partial charge in [0.05, 0.1) is 10.7 Å². The maximum absolute atomic E-state index is 12.9. The largest absolute Gasteiger partial charge is 0.489 e. The van der Waals surface area contributed by atoms with E-state index in [1.807, 2.05) is 0 Å². The predicted molar refractivity (Wildman–Crippen MR) is 79.3 cm³/mol. The van der Waals surface area contributed by atoms with Crippen molar-refractivity contribution in [2.45, 2.75) is 6.10 Å². The number of anilines is 1. The molecule has 0 aromatic heterocycles. The van der Waals surface area contributed by atoms with Gasteiger partial charge in [-0.05, 0) is 30.3 Å². The Morgan fingerprint density at radius 2 is 1.76 bits per heavy atom. The van der Waals surface area contributed by atoms with Crippen LogP contribution in [-0.4, -0.2) is 24.4 Å². The summed E-state index contributed by atoms with van der Waals surface area (Å²) < 4.78 is 23.6. The van der Waals surface area contributed by atoms with Crippen molar-refractivity contribution in [3.63, 3.8) is 0 Å². The van der Waals surface area contributed by atoms with Gasteiger partial charge in [-0.15, -0.1) is 0 Å². The second-order valence-electron chi connectivity index (χ2n) is 4.39. The Hall–Kier alpha value is -1.98. The van der Waals surface area contributed by atoms with E-state index in [0.29, 0.717) is 17.2 Å². The fraction of sp³-hybridized carbons (Fsp3) is 0.200. The molecule has 2 aromatic rings. The van der Waals surface area contributed by atoms with Crippen LogP contribution in [-0.2, 0) is 0 Å². The van der Waals surface area contributed by atoms with Gasteiger partial charge in [-0.3, -0.25) is 0 Å².